The van der Waals surface area contributed by atoms with Crippen LogP contribution in [-0.2, 0) is 0 Å². The highest BCUT2D eigenvalue weighted by Crippen LogP contribution is 2.26. The van der Waals surface area contributed by atoms with E-state index in [0.29, 0.717) is 6.61 Å². The smallest absolute Gasteiger partial charge is 0.187 e. The van der Waals surface area contributed by atoms with Crippen LogP contribution >= 0.6 is 23.7 Å². The number of likely N-dealkylation sites (tertiary alicyclic amines) is 1. The van der Waals surface area contributed by atoms with Crippen LogP contribution in [0.4, 0.5) is 10.8 Å². The van der Waals surface area contributed by atoms with Crippen LogP contribution in [-0.4, -0.2) is 41.2 Å². The van der Waals surface area contributed by atoms with E-state index >= 15 is 0 Å². The number of aromatic hydroxyl groups is 1. The maximum absolute atomic E-state index is 9.35. The lowest BCUT2D eigenvalue weighted by Gasteiger charge is -2.15. The third kappa shape index (κ3) is 6.49. The van der Waals surface area contributed by atoms with E-state index in [1.54, 1.807) is 23.5 Å². The van der Waals surface area contributed by atoms with Crippen LogP contribution in [0.15, 0.2) is 54.7 Å². The molecule has 1 aliphatic rings. The highest BCUT2D eigenvalue weighted by molar-refractivity contribution is 7.16. The standard InChI is InChI=1S/C23H25N3O2S.ClH/c27-20-9-6-18(7-10-20)8-11-22-17-24-23(29-22)25-19-4-3-5-21(16-19)28-15-14-26-12-1-2-13-26;/h3-11,16-17,27H,1-2,12-15H2,(H,24,25);1H/b11-8+;. The summed E-state index contributed by atoms with van der Waals surface area (Å²) in [6, 6.07) is 15.1. The number of nitrogens with zero attached hydrogens (tertiary/aromatic N) is 2. The molecule has 0 atom stereocenters. The van der Waals surface area contributed by atoms with Crippen LogP contribution < -0.4 is 10.1 Å². The molecule has 0 unspecified atom stereocenters. The zero-order chi connectivity index (χ0) is 19.9. The zero-order valence-electron chi connectivity index (χ0n) is 16.7. The Labute approximate surface area is 187 Å². The molecular formula is C23H26ClN3O2S. The Morgan fingerprint density at radius 3 is 2.70 bits per heavy atom. The van der Waals surface area contributed by atoms with Crippen molar-refractivity contribution in [1.29, 1.82) is 0 Å². The lowest BCUT2D eigenvalue weighted by atomic mass is 10.2. The Bertz CT molecular complexity index is 953. The van der Waals surface area contributed by atoms with E-state index in [9.17, 15) is 5.11 Å². The molecule has 0 bridgehead atoms. The predicted octanol–water partition coefficient (Wildman–Crippen LogP) is 5.66. The molecule has 1 saturated heterocycles. The van der Waals surface area contributed by atoms with Crippen molar-refractivity contribution in [2.75, 3.05) is 31.6 Å². The number of hydrogen-bond donors (Lipinski definition) is 2. The Kier molecular flexibility index (Phi) is 8.13. The molecule has 4 rings (SSSR count). The Morgan fingerprint density at radius 2 is 1.90 bits per heavy atom. The summed E-state index contributed by atoms with van der Waals surface area (Å²) in [5.41, 5.74) is 2.00. The molecule has 0 radical (unpaired) electrons. The highest BCUT2D eigenvalue weighted by Gasteiger charge is 2.10. The predicted molar refractivity (Wildman–Crippen MR) is 127 cm³/mol. The van der Waals surface area contributed by atoms with Gasteiger partial charge in [-0.3, -0.25) is 4.90 Å². The van der Waals surface area contributed by atoms with E-state index in [2.05, 4.69) is 15.2 Å². The Morgan fingerprint density at radius 1 is 1.10 bits per heavy atom. The van der Waals surface area contributed by atoms with Crippen molar-refractivity contribution in [2.24, 2.45) is 0 Å². The van der Waals surface area contributed by atoms with E-state index in [1.165, 1.54) is 25.9 Å². The largest absolute Gasteiger partial charge is 0.508 e. The lowest BCUT2D eigenvalue weighted by molar-refractivity contribution is 0.238. The molecule has 0 amide bonds. The van der Waals surface area contributed by atoms with Gasteiger partial charge in [0.25, 0.3) is 0 Å². The zero-order valence-corrected chi connectivity index (χ0v) is 18.3. The molecule has 2 heterocycles. The second kappa shape index (κ2) is 11.0. The molecule has 7 heteroatoms. The van der Waals surface area contributed by atoms with Gasteiger partial charge in [0.15, 0.2) is 5.13 Å². The Balaban J connectivity index is 0.00000256. The van der Waals surface area contributed by atoms with Crippen LogP contribution in [0.5, 0.6) is 11.5 Å². The molecule has 0 aliphatic carbocycles. The van der Waals surface area contributed by atoms with E-state index in [-0.39, 0.29) is 18.2 Å². The van der Waals surface area contributed by atoms with Crippen molar-refractivity contribution in [3.8, 4) is 11.5 Å². The van der Waals surface area contributed by atoms with Gasteiger partial charge in [-0.1, -0.05) is 35.6 Å². The first-order valence-electron chi connectivity index (χ1n) is 9.90. The fraction of sp³-hybridized carbons (Fsp3) is 0.261. The molecule has 2 N–H and O–H groups in total. The quantitative estimate of drug-likeness (QED) is 0.470. The van der Waals surface area contributed by atoms with Gasteiger partial charge in [0.2, 0.25) is 0 Å². The van der Waals surface area contributed by atoms with Crippen molar-refractivity contribution in [3.63, 3.8) is 0 Å². The summed E-state index contributed by atoms with van der Waals surface area (Å²) in [5.74, 6) is 1.15. The molecule has 158 valence electrons. The molecular weight excluding hydrogens is 418 g/mol. The minimum Gasteiger partial charge on any atom is -0.508 e. The van der Waals surface area contributed by atoms with Gasteiger partial charge in [-0.2, -0.15) is 0 Å². The summed E-state index contributed by atoms with van der Waals surface area (Å²) < 4.78 is 5.92. The van der Waals surface area contributed by atoms with E-state index < -0.39 is 0 Å². The van der Waals surface area contributed by atoms with E-state index in [4.69, 9.17) is 4.74 Å². The Hall–Kier alpha value is -2.54. The van der Waals surface area contributed by atoms with E-state index in [1.807, 2.05) is 54.7 Å². The number of anilines is 2. The van der Waals surface area contributed by atoms with Gasteiger partial charge in [0, 0.05) is 29.4 Å². The van der Waals surface area contributed by atoms with Gasteiger partial charge in [-0.05, 0) is 61.8 Å². The first-order chi connectivity index (χ1) is 14.2. The summed E-state index contributed by atoms with van der Waals surface area (Å²) >= 11 is 1.58. The van der Waals surface area contributed by atoms with Crippen LogP contribution in [0.2, 0.25) is 0 Å². The third-order valence-corrected chi connectivity index (χ3v) is 5.69. The topological polar surface area (TPSA) is 57.6 Å². The number of thiazole rings is 1. The molecule has 30 heavy (non-hydrogen) atoms. The van der Waals surface area contributed by atoms with Gasteiger partial charge in [-0.15, -0.1) is 12.4 Å². The van der Waals surface area contributed by atoms with Crippen molar-refractivity contribution >= 4 is 46.7 Å². The van der Waals surface area contributed by atoms with Crippen LogP contribution in [0.1, 0.15) is 23.3 Å². The second-order valence-electron chi connectivity index (χ2n) is 7.04. The van der Waals surface area contributed by atoms with Crippen LogP contribution in [0.3, 0.4) is 0 Å². The third-order valence-electron chi connectivity index (χ3n) is 4.82. The van der Waals surface area contributed by atoms with Crippen molar-refractivity contribution in [2.45, 2.75) is 12.8 Å². The number of phenols is 1. The number of hydrogen-bond acceptors (Lipinski definition) is 6. The highest BCUT2D eigenvalue weighted by atomic mass is 35.5. The molecule has 2 aromatic carbocycles. The van der Waals surface area contributed by atoms with Crippen LogP contribution in [0.25, 0.3) is 12.2 Å². The van der Waals surface area contributed by atoms with Crippen molar-refractivity contribution in [3.05, 3.63) is 65.2 Å². The van der Waals surface area contributed by atoms with Crippen LogP contribution in [0, 0.1) is 0 Å². The monoisotopic (exact) mass is 443 g/mol. The minimum atomic E-state index is 0. The minimum absolute atomic E-state index is 0. The number of rotatable bonds is 8. The van der Waals surface area contributed by atoms with Crippen molar-refractivity contribution in [1.82, 2.24) is 9.88 Å². The maximum Gasteiger partial charge on any atom is 0.187 e. The molecule has 1 fully saturated rings. The second-order valence-corrected chi connectivity index (χ2v) is 8.10. The normalized spacial score (nSPS) is 14.0. The average Bonchev–Trinajstić information content (AvgIpc) is 3.40. The average molecular weight is 444 g/mol. The van der Waals surface area contributed by atoms with Gasteiger partial charge in [0.05, 0.1) is 0 Å². The molecule has 5 nitrogen and oxygen atoms in total. The molecule has 3 aromatic rings. The molecule has 0 spiro atoms. The number of ether oxygens (including phenoxy) is 1. The van der Waals surface area contributed by atoms with Gasteiger partial charge >= 0.3 is 0 Å². The summed E-state index contributed by atoms with van der Waals surface area (Å²) in [6.45, 7) is 4.09. The van der Waals surface area contributed by atoms with E-state index in [0.717, 1.165) is 33.6 Å². The molecule has 1 aromatic heterocycles. The maximum atomic E-state index is 9.35. The SMILES string of the molecule is Cl.Oc1ccc(/C=C/c2cnc(Nc3cccc(OCCN4CCCC4)c3)s2)cc1. The number of aromatic nitrogens is 1. The lowest BCUT2D eigenvalue weighted by Crippen LogP contribution is -2.25. The fourth-order valence-corrected chi connectivity index (χ4v) is 4.01. The number of halogens is 1. The van der Waals surface area contributed by atoms with Gasteiger partial charge < -0.3 is 15.2 Å². The first-order valence-corrected chi connectivity index (χ1v) is 10.7. The number of benzene rings is 2. The van der Waals surface area contributed by atoms with Gasteiger partial charge in [-0.25, -0.2) is 4.98 Å². The summed E-state index contributed by atoms with van der Waals surface area (Å²) in [7, 11) is 0. The molecule has 1 aliphatic heterocycles. The first kappa shape index (κ1) is 22.2. The summed E-state index contributed by atoms with van der Waals surface area (Å²) in [5, 5.41) is 13.5. The van der Waals surface area contributed by atoms with Gasteiger partial charge in [0.1, 0.15) is 18.1 Å². The summed E-state index contributed by atoms with van der Waals surface area (Å²) in [6.07, 6.45) is 8.48. The number of phenolic OH excluding ortho intramolecular Hbond substituents is 1. The summed E-state index contributed by atoms with van der Waals surface area (Å²) in [4.78, 5) is 7.95. The fourth-order valence-electron chi connectivity index (χ4n) is 3.27. The van der Waals surface area contributed by atoms with Crippen molar-refractivity contribution < 1.29 is 9.84 Å². The number of nitrogens with one attached hydrogen (secondary N) is 1. The molecule has 0 saturated carbocycles.